The van der Waals surface area contributed by atoms with Crippen LogP contribution in [0, 0.1) is 0 Å². The molecule has 0 aliphatic carbocycles. The van der Waals surface area contributed by atoms with E-state index in [4.69, 9.17) is 4.74 Å². The van der Waals surface area contributed by atoms with E-state index in [0.29, 0.717) is 17.9 Å². The van der Waals surface area contributed by atoms with E-state index in [1.165, 1.54) is 29.9 Å². The van der Waals surface area contributed by atoms with Crippen molar-refractivity contribution in [3.63, 3.8) is 0 Å². The highest BCUT2D eigenvalue weighted by atomic mass is 19.4. The minimum absolute atomic E-state index is 0.102. The lowest BCUT2D eigenvalue weighted by Gasteiger charge is -2.28. The van der Waals surface area contributed by atoms with Crippen LogP contribution in [0.1, 0.15) is 32.3 Å². The molecule has 0 N–H and O–H groups in total. The van der Waals surface area contributed by atoms with Crippen LogP contribution in [0.25, 0.3) is 0 Å². The van der Waals surface area contributed by atoms with Crippen LogP contribution in [0.15, 0.2) is 42.7 Å². The summed E-state index contributed by atoms with van der Waals surface area (Å²) in [5.41, 5.74) is -0.331. The van der Waals surface area contributed by atoms with Crippen molar-refractivity contribution in [1.29, 1.82) is 0 Å². The fraction of sp³-hybridized carbons (Fsp3) is 0.458. The number of halogens is 3. The van der Waals surface area contributed by atoms with Gasteiger partial charge in [-0.25, -0.2) is 9.69 Å². The molecule has 1 aromatic heterocycles. The number of aromatic nitrogens is 1. The van der Waals surface area contributed by atoms with E-state index in [1.54, 1.807) is 32.3 Å². The maximum absolute atomic E-state index is 13.3. The van der Waals surface area contributed by atoms with E-state index < -0.39 is 29.6 Å². The van der Waals surface area contributed by atoms with Crippen molar-refractivity contribution in [1.82, 2.24) is 14.8 Å². The number of rotatable bonds is 8. The third-order valence-electron chi connectivity index (χ3n) is 6.21. The summed E-state index contributed by atoms with van der Waals surface area (Å²) in [6, 6.07) is 5.78. The van der Waals surface area contributed by atoms with Gasteiger partial charge in [0.2, 0.25) is 0 Å². The Balaban J connectivity index is 1.49. The molecule has 0 bridgehead atoms. The average Bonchev–Trinajstić information content (AvgIpc) is 3.36. The minimum atomic E-state index is -4.83. The lowest BCUT2D eigenvalue weighted by Crippen LogP contribution is -2.43. The van der Waals surface area contributed by atoms with Crippen molar-refractivity contribution in [2.45, 2.75) is 45.1 Å². The van der Waals surface area contributed by atoms with Crippen LogP contribution in [0.2, 0.25) is 0 Å². The number of hydrogen-bond donors (Lipinski definition) is 0. The first-order chi connectivity index (χ1) is 16.6. The van der Waals surface area contributed by atoms with E-state index in [9.17, 15) is 22.8 Å². The monoisotopic (exact) mass is 492 g/mol. The fourth-order valence-electron chi connectivity index (χ4n) is 4.26. The zero-order valence-corrected chi connectivity index (χ0v) is 19.5. The predicted octanol–water partition coefficient (Wildman–Crippen LogP) is 4.20. The van der Waals surface area contributed by atoms with Gasteiger partial charge in [-0.15, -0.1) is 13.2 Å². The lowest BCUT2D eigenvalue weighted by molar-refractivity contribution is -0.274. The molecule has 2 aromatic rings. The number of urea groups is 1. The van der Waals surface area contributed by atoms with Gasteiger partial charge in [-0.3, -0.25) is 14.7 Å². The Morgan fingerprint density at radius 3 is 2.40 bits per heavy atom. The molecule has 0 unspecified atom stereocenters. The smallest absolute Gasteiger partial charge is 0.490 e. The third-order valence-corrected chi connectivity index (χ3v) is 6.21. The molecule has 0 saturated carbocycles. The summed E-state index contributed by atoms with van der Waals surface area (Å²) in [5.74, 6) is -0.392. The zero-order valence-electron chi connectivity index (χ0n) is 19.5. The second-order valence-corrected chi connectivity index (χ2v) is 8.99. The van der Waals surface area contributed by atoms with Crippen molar-refractivity contribution in [2.24, 2.45) is 0 Å². The molecule has 0 radical (unpaired) electrons. The lowest BCUT2D eigenvalue weighted by atomic mass is 10.0. The topological polar surface area (TPSA) is 75.2 Å². The van der Waals surface area contributed by atoms with Gasteiger partial charge in [0.1, 0.15) is 23.6 Å². The standard InChI is InChI=1S/C24H27F3N4O4/c1-23(2)21(32)31(18-5-7-19(8-6-18)35-24(25,26)27)22(33)30(23)16-17-9-10-28-15-20(17)34-14-13-29-11-3-4-12-29/h5-10,15H,3-4,11-14,16H2,1-2H3. The van der Waals surface area contributed by atoms with Crippen LogP contribution in [0.3, 0.4) is 0 Å². The van der Waals surface area contributed by atoms with E-state index in [1.807, 2.05) is 0 Å². The summed E-state index contributed by atoms with van der Waals surface area (Å²) in [5, 5.41) is 0. The number of likely N-dealkylation sites (tertiary alicyclic amines) is 1. The Labute approximate surface area is 201 Å². The number of alkyl halides is 3. The molecule has 2 saturated heterocycles. The number of nitrogens with zero attached hydrogens (tertiary/aromatic N) is 4. The largest absolute Gasteiger partial charge is 0.573 e. The van der Waals surface area contributed by atoms with Gasteiger partial charge in [0.25, 0.3) is 5.91 Å². The zero-order chi connectivity index (χ0) is 25.2. The number of benzene rings is 1. The molecule has 188 valence electrons. The van der Waals surface area contributed by atoms with Crippen LogP contribution in [-0.2, 0) is 11.3 Å². The summed E-state index contributed by atoms with van der Waals surface area (Å²) >= 11 is 0. The third kappa shape index (κ3) is 5.50. The second kappa shape index (κ2) is 9.73. The molecule has 11 heteroatoms. The summed E-state index contributed by atoms with van der Waals surface area (Å²) in [7, 11) is 0. The molecule has 3 heterocycles. The molecule has 4 rings (SSSR count). The number of hydrogen-bond acceptors (Lipinski definition) is 6. The van der Waals surface area contributed by atoms with Gasteiger partial charge in [-0.2, -0.15) is 0 Å². The quantitative estimate of drug-likeness (QED) is 0.514. The van der Waals surface area contributed by atoms with Crippen LogP contribution in [0.4, 0.5) is 23.7 Å². The Morgan fingerprint density at radius 2 is 1.74 bits per heavy atom. The van der Waals surface area contributed by atoms with Crippen molar-refractivity contribution in [2.75, 3.05) is 31.1 Å². The Bertz CT molecular complexity index is 1070. The molecule has 0 spiro atoms. The fourth-order valence-corrected chi connectivity index (χ4v) is 4.26. The SMILES string of the molecule is CC1(C)C(=O)N(c2ccc(OC(F)(F)F)cc2)C(=O)N1Cc1ccncc1OCCN1CCCC1. The van der Waals surface area contributed by atoms with E-state index >= 15 is 0 Å². The highest BCUT2D eigenvalue weighted by Gasteiger charge is 2.52. The summed E-state index contributed by atoms with van der Waals surface area (Å²) in [6.07, 6.45) is 0.721. The molecule has 2 fully saturated rings. The summed E-state index contributed by atoms with van der Waals surface area (Å²) in [4.78, 5) is 35.3. The van der Waals surface area contributed by atoms with Crippen molar-refractivity contribution in [3.8, 4) is 11.5 Å². The van der Waals surface area contributed by atoms with Crippen LogP contribution in [-0.4, -0.2) is 64.9 Å². The minimum Gasteiger partial charge on any atom is -0.490 e. The molecule has 35 heavy (non-hydrogen) atoms. The second-order valence-electron chi connectivity index (χ2n) is 8.99. The predicted molar refractivity (Wildman–Crippen MR) is 121 cm³/mol. The molecular weight excluding hydrogens is 465 g/mol. The molecule has 2 aliphatic rings. The van der Waals surface area contributed by atoms with Crippen LogP contribution in [0.5, 0.6) is 11.5 Å². The maximum atomic E-state index is 13.3. The van der Waals surface area contributed by atoms with Gasteiger partial charge in [-0.05, 0) is 70.1 Å². The first-order valence-corrected chi connectivity index (χ1v) is 11.4. The number of anilines is 1. The number of carbonyl (C=O) groups is 2. The van der Waals surface area contributed by atoms with E-state index in [2.05, 4.69) is 14.6 Å². The number of amides is 3. The maximum Gasteiger partial charge on any atom is 0.573 e. The Kier molecular flexibility index (Phi) is 6.88. The first-order valence-electron chi connectivity index (χ1n) is 11.4. The number of carbonyl (C=O) groups excluding carboxylic acids is 2. The summed E-state index contributed by atoms with van der Waals surface area (Å²) in [6.45, 7) is 6.75. The number of imide groups is 1. The molecule has 1 aromatic carbocycles. The highest BCUT2D eigenvalue weighted by Crippen LogP contribution is 2.35. The number of ether oxygens (including phenoxy) is 2. The van der Waals surface area contributed by atoms with Crippen molar-refractivity contribution < 1.29 is 32.2 Å². The van der Waals surface area contributed by atoms with Crippen LogP contribution >= 0.6 is 0 Å². The average molecular weight is 492 g/mol. The highest BCUT2D eigenvalue weighted by molar-refractivity contribution is 6.22. The molecule has 8 nitrogen and oxygen atoms in total. The first kappa shape index (κ1) is 24.8. The molecule has 3 amide bonds. The van der Waals surface area contributed by atoms with Crippen LogP contribution < -0.4 is 14.4 Å². The molecule has 2 aliphatic heterocycles. The molecular formula is C24H27F3N4O4. The van der Waals surface area contributed by atoms with Crippen molar-refractivity contribution in [3.05, 3.63) is 48.3 Å². The van der Waals surface area contributed by atoms with Crippen molar-refractivity contribution >= 4 is 17.6 Å². The Morgan fingerprint density at radius 1 is 1.06 bits per heavy atom. The number of pyridine rings is 1. The van der Waals surface area contributed by atoms with Gasteiger partial charge in [0, 0.05) is 18.3 Å². The Hall–Kier alpha value is -3.34. The van der Waals surface area contributed by atoms with E-state index in [-0.39, 0.29) is 12.2 Å². The van der Waals surface area contributed by atoms with Gasteiger partial charge < -0.3 is 14.4 Å². The normalized spacial score (nSPS) is 18.4. The molecule has 0 atom stereocenters. The summed E-state index contributed by atoms with van der Waals surface area (Å²) < 4.78 is 47.2. The van der Waals surface area contributed by atoms with Gasteiger partial charge in [0.15, 0.2) is 0 Å². The van der Waals surface area contributed by atoms with Gasteiger partial charge in [-0.1, -0.05) is 0 Å². The van der Waals surface area contributed by atoms with Gasteiger partial charge in [0.05, 0.1) is 18.4 Å². The van der Waals surface area contributed by atoms with E-state index in [0.717, 1.165) is 36.7 Å². The van der Waals surface area contributed by atoms with Gasteiger partial charge >= 0.3 is 12.4 Å².